The summed E-state index contributed by atoms with van der Waals surface area (Å²) in [6.07, 6.45) is 2.47. The molecule has 7 nitrogen and oxygen atoms in total. The Bertz CT molecular complexity index is 1100. The molecule has 0 N–H and O–H groups in total. The van der Waals surface area contributed by atoms with Crippen molar-refractivity contribution in [2.45, 2.75) is 6.42 Å². The molecule has 0 spiro atoms. The monoisotopic (exact) mass is 406 g/mol. The van der Waals surface area contributed by atoms with Gasteiger partial charge in [-0.2, -0.15) is 0 Å². The molecular weight excluding hydrogens is 392 g/mol. The Kier molecular flexibility index (Phi) is 4.02. The Labute approximate surface area is 169 Å². The highest BCUT2D eigenvalue weighted by molar-refractivity contribution is 8.18. The van der Waals surface area contributed by atoms with E-state index >= 15 is 0 Å². The largest absolute Gasteiger partial charge is 0.493 e. The molecule has 3 heterocycles. The molecular formula is C21H14N2O5S. The molecule has 5 rings (SSSR count). The van der Waals surface area contributed by atoms with E-state index in [1.807, 2.05) is 18.2 Å². The van der Waals surface area contributed by atoms with Crippen molar-refractivity contribution in [1.82, 2.24) is 9.80 Å². The number of hydrogen-bond donors (Lipinski definition) is 0. The third-order valence-corrected chi connectivity index (χ3v) is 5.96. The van der Waals surface area contributed by atoms with E-state index in [1.54, 1.807) is 30.3 Å². The maximum Gasteiger partial charge on any atom is 0.295 e. The number of hydrogen-bond acceptors (Lipinski definition) is 6. The first-order valence-electron chi connectivity index (χ1n) is 8.99. The van der Waals surface area contributed by atoms with Gasteiger partial charge in [-0.1, -0.05) is 24.3 Å². The first kappa shape index (κ1) is 17.7. The predicted octanol–water partition coefficient (Wildman–Crippen LogP) is 2.91. The van der Waals surface area contributed by atoms with Gasteiger partial charge in [-0.3, -0.25) is 24.1 Å². The summed E-state index contributed by atoms with van der Waals surface area (Å²) in [4.78, 5) is 52.3. The van der Waals surface area contributed by atoms with Crippen molar-refractivity contribution >= 4 is 40.8 Å². The summed E-state index contributed by atoms with van der Waals surface area (Å²) in [5, 5.41) is -0.518. The summed E-state index contributed by atoms with van der Waals surface area (Å²) in [7, 11) is 0. The highest BCUT2D eigenvalue weighted by Gasteiger charge is 2.42. The normalized spacial score (nSPS) is 19.2. The highest BCUT2D eigenvalue weighted by Crippen LogP contribution is 2.35. The summed E-state index contributed by atoms with van der Waals surface area (Å²) in [5.74, 6) is -0.768. The third kappa shape index (κ3) is 2.84. The average Bonchev–Trinajstić information content (AvgIpc) is 3.36. The second-order valence-electron chi connectivity index (χ2n) is 6.80. The summed E-state index contributed by atoms with van der Waals surface area (Å²) in [6.45, 7) is 0.233. The van der Waals surface area contributed by atoms with Crippen LogP contribution in [0, 0.1) is 0 Å². The van der Waals surface area contributed by atoms with Crippen molar-refractivity contribution < 1.29 is 23.9 Å². The lowest BCUT2D eigenvalue weighted by Crippen LogP contribution is -2.43. The lowest BCUT2D eigenvalue weighted by molar-refractivity contribution is -0.123. The van der Waals surface area contributed by atoms with Crippen LogP contribution in [-0.2, 0) is 11.2 Å². The molecule has 1 saturated heterocycles. The zero-order valence-electron chi connectivity index (χ0n) is 15.1. The van der Waals surface area contributed by atoms with Crippen LogP contribution in [0.3, 0.4) is 0 Å². The highest BCUT2D eigenvalue weighted by atomic mass is 32.2. The van der Waals surface area contributed by atoms with Crippen LogP contribution >= 0.6 is 11.8 Å². The zero-order valence-corrected chi connectivity index (χ0v) is 15.9. The lowest BCUT2D eigenvalue weighted by Gasteiger charge is -2.19. The molecule has 2 aromatic rings. The molecule has 0 aromatic heterocycles. The van der Waals surface area contributed by atoms with Crippen LogP contribution in [0.2, 0.25) is 0 Å². The Balaban J connectivity index is 1.38. The van der Waals surface area contributed by atoms with Gasteiger partial charge < -0.3 is 4.74 Å². The van der Waals surface area contributed by atoms with E-state index in [1.165, 1.54) is 0 Å². The summed E-state index contributed by atoms with van der Waals surface area (Å²) >= 11 is 0.788. The Morgan fingerprint density at radius 2 is 1.66 bits per heavy atom. The fourth-order valence-corrected chi connectivity index (χ4v) is 4.39. The van der Waals surface area contributed by atoms with Crippen molar-refractivity contribution in [2.75, 3.05) is 13.3 Å². The molecule has 3 aliphatic rings. The second kappa shape index (κ2) is 6.59. The first-order chi connectivity index (χ1) is 14.0. The molecule has 3 aliphatic heterocycles. The van der Waals surface area contributed by atoms with Crippen molar-refractivity contribution in [1.29, 1.82) is 0 Å². The molecule has 0 bridgehead atoms. The van der Waals surface area contributed by atoms with Gasteiger partial charge in [0.05, 0.1) is 22.6 Å². The van der Waals surface area contributed by atoms with Gasteiger partial charge in [0.25, 0.3) is 23.0 Å². The molecule has 144 valence electrons. The minimum Gasteiger partial charge on any atom is -0.493 e. The van der Waals surface area contributed by atoms with E-state index in [-0.39, 0.29) is 16.0 Å². The molecule has 0 atom stereocenters. The van der Waals surface area contributed by atoms with E-state index < -0.39 is 29.6 Å². The van der Waals surface area contributed by atoms with E-state index in [2.05, 4.69) is 0 Å². The maximum absolute atomic E-state index is 12.8. The third-order valence-electron chi connectivity index (χ3n) is 5.05. The van der Waals surface area contributed by atoms with Crippen molar-refractivity contribution in [2.24, 2.45) is 0 Å². The minimum atomic E-state index is -0.530. The fraction of sp³-hybridized carbons (Fsp3) is 0.143. The first-order valence-corrected chi connectivity index (χ1v) is 9.81. The molecule has 4 amide bonds. The van der Waals surface area contributed by atoms with Gasteiger partial charge in [-0.25, -0.2) is 4.90 Å². The summed E-state index contributed by atoms with van der Waals surface area (Å²) in [6, 6.07) is 12.1. The van der Waals surface area contributed by atoms with Crippen molar-refractivity contribution in [3.8, 4) is 5.75 Å². The number of nitrogens with zero attached hydrogens (tertiary/aromatic N) is 2. The van der Waals surface area contributed by atoms with Gasteiger partial charge in [0.15, 0.2) is 0 Å². The van der Waals surface area contributed by atoms with Crippen LogP contribution in [0.5, 0.6) is 5.75 Å². The standard InChI is InChI=1S/C21H14N2O5S/c24-18-14-3-1-2-4-15(14)19(25)22(18)11-23-20(26)17(29-21(23)27)10-12-5-6-13-7-8-28-16(13)9-12/h1-6,9-10H,7-8,11H2. The molecule has 8 heteroatoms. The maximum atomic E-state index is 12.8. The molecule has 0 saturated carbocycles. The van der Waals surface area contributed by atoms with Gasteiger partial charge >= 0.3 is 0 Å². The lowest BCUT2D eigenvalue weighted by atomic mass is 10.1. The van der Waals surface area contributed by atoms with E-state index in [0.717, 1.165) is 44.9 Å². The van der Waals surface area contributed by atoms with E-state index in [4.69, 9.17) is 4.74 Å². The Morgan fingerprint density at radius 1 is 0.931 bits per heavy atom. The van der Waals surface area contributed by atoms with Gasteiger partial charge in [0.1, 0.15) is 12.4 Å². The van der Waals surface area contributed by atoms with Crippen LogP contribution in [0.4, 0.5) is 4.79 Å². The van der Waals surface area contributed by atoms with Gasteiger partial charge in [0, 0.05) is 6.42 Å². The van der Waals surface area contributed by atoms with Crippen LogP contribution < -0.4 is 4.74 Å². The topological polar surface area (TPSA) is 84.0 Å². The second-order valence-corrected chi connectivity index (χ2v) is 7.79. The predicted molar refractivity (Wildman–Crippen MR) is 105 cm³/mol. The van der Waals surface area contributed by atoms with Crippen LogP contribution in [0.25, 0.3) is 6.08 Å². The zero-order chi connectivity index (χ0) is 20.1. The molecule has 0 aliphatic carbocycles. The number of ether oxygens (including phenoxy) is 1. The van der Waals surface area contributed by atoms with Crippen LogP contribution in [-0.4, -0.2) is 46.0 Å². The minimum absolute atomic E-state index is 0.240. The van der Waals surface area contributed by atoms with Crippen molar-refractivity contribution in [3.05, 3.63) is 69.6 Å². The number of benzene rings is 2. The summed E-state index contributed by atoms with van der Waals surface area (Å²) in [5.41, 5.74) is 2.41. The quantitative estimate of drug-likeness (QED) is 0.576. The van der Waals surface area contributed by atoms with Gasteiger partial charge in [0.2, 0.25) is 0 Å². The Hall–Kier alpha value is -3.39. The number of carbonyl (C=O) groups excluding carboxylic acids is 4. The number of thioether (sulfide) groups is 1. The number of carbonyl (C=O) groups is 4. The number of imide groups is 2. The van der Waals surface area contributed by atoms with Crippen LogP contribution in [0.15, 0.2) is 47.4 Å². The van der Waals surface area contributed by atoms with E-state index in [9.17, 15) is 19.2 Å². The molecule has 0 radical (unpaired) electrons. The number of amides is 4. The van der Waals surface area contributed by atoms with Crippen LogP contribution in [0.1, 0.15) is 31.8 Å². The van der Waals surface area contributed by atoms with Crippen molar-refractivity contribution in [3.63, 3.8) is 0 Å². The average molecular weight is 406 g/mol. The summed E-state index contributed by atoms with van der Waals surface area (Å²) < 4.78 is 5.54. The number of rotatable bonds is 3. The molecule has 1 fully saturated rings. The number of fused-ring (bicyclic) bond motifs is 2. The van der Waals surface area contributed by atoms with E-state index in [0.29, 0.717) is 6.61 Å². The fourth-order valence-electron chi connectivity index (χ4n) is 3.56. The Morgan fingerprint density at radius 3 is 2.38 bits per heavy atom. The smallest absolute Gasteiger partial charge is 0.295 e. The molecule has 2 aromatic carbocycles. The van der Waals surface area contributed by atoms with Gasteiger partial charge in [-0.15, -0.1) is 0 Å². The molecule has 29 heavy (non-hydrogen) atoms. The SMILES string of the molecule is O=C1SC(=Cc2ccc3c(c2)OCC3)C(=O)N1CN1C(=O)c2ccccc2C1=O. The van der Waals surface area contributed by atoms with Gasteiger partial charge in [-0.05, 0) is 47.2 Å². The molecule has 0 unspecified atom stereocenters.